The average molecular weight is 533 g/mol. The molecule has 0 N–H and O–H groups in total. The molecule has 0 heterocycles. The van der Waals surface area contributed by atoms with E-state index in [0.29, 0.717) is 42.9 Å². The number of rotatable bonds is 8. The van der Waals surface area contributed by atoms with Crippen LogP contribution in [0.3, 0.4) is 0 Å². The highest BCUT2D eigenvalue weighted by molar-refractivity contribution is 5.44. The van der Waals surface area contributed by atoms with Crippen LogP contribution in [0.25, 0.3) is 0 Å². The van der Waals surface area contributed by atoms with Gasteiger partial charge < -0.3 is 9.47 Å². The second-order valence-corrected chi connectivity index (χ2v) is 10.3. The monoisotopic (exact) mass is 532 g/mol. The normalized spacial score (nSPS) is 24.4. The van der Waals surface area contributed by atoms with Crippen molar-refractivity contribution in [3.05, 3.63) is 52.8 Å². The molecule has 0 aromatic heterocycles. The van der Waals surface area contributed by atoms with E-state index in [9.17, 15) is 30.7 Å². The van der Waals surface area contributed by atoms with Crippen molar-refractivity contribution in [1.29, 1.82) is 0 Å². The Labute approximate surface area is 212 Å². The van der Waals surface area contributed by atoms with Crippen LogP contribution >= 0.6 is 0 Å². The van der Waals surface area contributed by atoms with Crippen molar-refractivity contribution in [3.8, 4) is 17.2 Å². The Morgan fingerprint density at radius 1 is 0.730 bits per heavy atom. The Kier molecular flexibility index (Phi) is 8.90. The molecule has 2 aliphatic carbocycles. The summed E-state index contributed by atoms with van der Waals surface area (Å²) in [5, 5.41) is 0. The van der Waals surface area contributed by atoms with Crippen LogP contribution in [0.15, 0.2) is 18.2 Å². The van der Waals surface area contributed by atoms with E-state index in [1.165, 1.54) is 38.5 Å². The first-order valence-corrected chi connectivity index (χ1v) is 13.0. The van der Waals surface area contributed by atoms with Gasteiger partial charge in [0.05, 0.1) is 0 Å². The van der Waals surface area contributed by atoms with Gasteiger partial charge in [0.1, 0.15) is 5.75 Å². The zero-order valence-corrected chi connectivity index (χ0v) is 20.7. The molecule has 0 aliphatic heterocycles. The van der Waals surface area contributed by atoms with Gasteiger partial charge in [0.15, 0.2) is 40.6 Å². The predicted molar refractivity (Wildman–Crippen MR) is 124 cm³/mol. The van der Waals surface area contributed by atoms with Gasteiger partial charge in [-0.15, -0.1) is 0 Å². The Bertz CT molecular complexity index is 1050. The van der Waals surface area contributed by atoms with Gasteiger partial charge in [0.2, 0.25) is 0 Å². The SMILES string of the molecule is CCCC1CCC(C2CCC(c3c(F)c(F)cc(F)c3Oc3cc(F)c(OC(F)F)c(F)c3)CC2)CC1. The lowest BCUT2D eigenvalue weighted by Crippen LogP contribution is -2.26. The summed E-state index contributed by atoms with van der Waals surface area (Å²) in [5.74, 6) is -8.15. The van der Waals surface area contributed by atoms with Crippen LogP contribution in [-0.2, 0) is 0 Å². The largest absolute Gasteiger partial charge is 0.454 e. The minimum atomic E-state index is -3.47. The molecule has 0 spiro atoms. The number of hydrogen-bond donors (Lipinski definition) is 0. The topological polar surface area (TPSA) is 18.5 Å². The number of benzene rings is 2. The molecule has 2 fully saturated rings. The highest BCUT2D eigenvalue weighted by Crippen LogP contribution is 2.48. The maximum Gasteiger partial charge on any atom is 0.387 e. The molecule has 2 saturated carbocycles. The van der Waals surface area contributed by atoms with E-state index in [2.05, 4.69) is 11.7 Å². The van der Waals surface area contributed by atoms with E-state index >= 15 is 0 Å². The number of hydrogen-bond acceptors (Lipinski definition) is 2. The smallest absolute Gasteiger partial charge is 0.387 e. The maximum absolute atomic E-state index is 15.0. The van der Waals surface area contributed by atoms with Gasteiger partial charge in [0.25, 0.3) is 0 Å². The van der Waals surface area contributed by atoms with Crippen LogP contribution in [0, 0.1) is 46.8 Å². The summed E-state index contributed by atoms with van der Waals surface area (Å²) >= 11 is 0. The van der Waals surface area contributed by atoms with Crippen molar-refractivity contribution in [1.82, 2.24) is 0 Å². The zero-order chi connectivity index (χ0) is 26.7. The molecular weight excluding hydrogens is 501 g/mol. The molecule has 204 valence electrons. The molecule has 0 atom stereocenters. The van der Waals surface area contributed by atoms with E-state index in [0.717, 1.165) is 18.8 Å². The van der Waals surface area contributed by atoms with Gasteiger partial charge in [0, 0.05) is 23.8 Å². The predicted octanol–water partition coefficient (Wildman–Crippen LogP) is 9.66. The van der Waals surface area contributed by atoms with Gasteiger partial charge in [-0.05, 0) is 62.2 Å². The van der Waals surface area contributed by atoms with Crippen molar-refractivity contribution in [2.75, 3.05) is 0 Å². The van der Waals surface area contributed by atoms with Crippen LogP contribution in [0.4, 0.5) is 30.7 Å². The Morgan fingerprint density at radius 3 is 1.81 bits per heavy atom. The van der Waals surface area contributed by atoms with Crippen LogP contribution in [0.5, 0.6) is 17.2 Å². The fourth-order valence-electron chi connectivity index (χ4n) is 6.22. The summed E-state index contributed by atoms with van der Waals surface area (Å²) in [4.78, 5) is 0. The summed E-state index contributed by atoms with van der Waals surface area (Å²) in [5.41, 5.74) is -0.309. The minimum absolute atomic E-state index is 0.309. The third kappa shape index (κ3) is 6.34. The lowest BCUT2D eigenvalue weighted by atomic mass is 9.68. The van der Waals surface area contributed by atoms with Crippen molar-refractivity contribution < 1.29 is 40.2 Å². The Hall–Kier alpha value is -2.45. The highest BCUT2D eigenvalue weighted by atomic mass is 19.3. The molecule has 2 aromatic carbocycles. The fraction of sp³-hybridized carbons (Fsp3) is 0.571. The third-order valence-electron chi connectivity index (χ3n) is 7.99. The number of ether oxygens (including phenoxy) is 2. The molecule has 2 aliphatic rings. The minimum Gasteiger partial charge on any atom is -0.454 e. The number of alkyl halides is 2. The lowest BCUT2D eigenvalue weighted by molar-refractivity contribution is -0.0547. The van der Waals surface area contributed by atoms with Gasteiger partial charge in [-0.3, -0.25) is 0 Å². The van der Waals surface area contributed by atoms with Crippen LogP contribution < -0.4 is 9.47 Å². The molecule has 37 heavy (non-hydrogen) atoms. The van der Waals surface area contributed by atoms with Crippen LogP contribution in [0.1, 0.15) is 82.6 Å². The zero-order valence-electron chi connectivity index (χ0n) is 20.7. The van der Waals surface area contributed by atoms with Gasteiger partial charge in [-0.2, -0.15) is 8.78 Å². The molecule has 2 nitrogen and oxygen atoms in total. The van der Waals surface area contributed by atoms with Crippen LogP contribution in [-0.4, -0.2) is 6.61 Å². The van der Waals surface area contributed by atoms with E-state index < -0.39 is 58.9 Å². The first-order chi connectivity index (χ1) is 17.7. The van der Waals surface area contributed by atoms with Gasteiger partial charge in [-0.25, -0.2) is 22.0 Å². The third-order valence-corrected chi connectivity index (χ3v) is 7.99. The van der Waals surface area contributed by atoms with Gasteiger partial charge in [-0.1, -0.05) is 32.6 Å². The summed E-state index contributed by atoms with van der Waals surface area (Å²) < 4.78 is 106. The summed E-state index contributed by atoms with van der Waals surface area (Å²) in [6, 6.07) is 1.36. The van der Waals surface area contributed by atoms with E-state index in [-0.39, 0.29) is 5.56 Å². The van der Waals surface area contributed by atoms with E-state index in [1.54, 1.807) is 0 Å². The van der Waals surface area contributed by atoms with Crippen molar-refractivity contribution in [2.24, 2.45) is 17.8 Å². The first kappa shape index (κ1) is 27.6. The molecule has 0 radical (unpaired) electrons. The molecule has 0 unspecified atom stereocenters. The summed E-state index contributed by atoms with van der Waals surface area (Å²) in [6.45, 7) is -1.27. The Morgan fingerprint density at radius 2 is 1.27 bits per heavy atom. The second kappa shape index (κ2) is 11.9. The van der Waals surface area contributed by atoms with Crippen LogP contribution in [0.2, 0.25) is 0 Å². The average Bonchev–Trinajstić information content (AvgIpc) is 2.86. The van der Waals surface area contributed by atoms with E-state index in [4.69, 9.17) is 4.74 Å². The molecular formula is C28H31F7O2. The second-order valence-electron chi connectivity index (χ2n) is 10.3. The summed E-state index contributed by atoms with van der Waals surface area (Å²) in [6.07, 6.45) is 9.78. The molecule has 9 heteroatoms. The Balaban J connectivity index is 1.52. The molecule has 0 amide bonds. The van der Waals surface area contributed by atoms with Crippen molar-refractivity contribution in [3.63, 3.8) is 0 Å². The fourth-order valence-corrected chi connectivity index (χ4v) is 6.22. The maximum atomic E-state index is 15.0. The molecule has 4 rings (SSSR count). The number of halogens is 7. The standard InChI is InChI=1S/C28H31F7O2/c1-2-3-15-4-6-16(7-5-15)17-8-10-18(11-9-17)24-25(33)20(29)14-23(32)27(24)36-19-12-21(30)26(22(31)13-19)37-28(34)35/h12-18,28H,2-11H2,1H3. The highest BCUT2D eigenvalue weighted by Gasteiger charge is 2.35. The summed E-state index contributed by atoms with van der Waals surface area (Å²) in [7, 11) is 0. The quantitative estimate of drug-likeness (QED) is 0.249. The van der Waals surface area contributed by atoms with Crippen molar-refractivity contribution >= 4 is 0 Å². The van der Waals surface area contributed by atoms with Crippen molar-refractivity contribution in [2.45, 2.75) is 83.7 Å². The van der Waals surface area contributed by atoms with Gasteiger partial charge >= 0.3 is 6.61 Å². The first-order valence-electron chi connectivity index (χ1n) is 13.0. The molecule has 0 bridgehead atoms. The molecule has 2 aromatic rings. The molecule has 0 saturated heterocycles. The van der Waals surface area contributed by atoms with E-state index in [1.807, 2.05) is 0 Å². The lowest BCUT2D eigenvalue weighted by Gasteiger charge is -2.38.